The number of thioether (sulfide) groups is 1. The Morgan fingerprint density at radius 1 is 1.03 bits per heavy atom. The number of imide groups is 1. The first-order valence-electron chi connectivity index (χ1n) is 11.1. The predicted octanol–water partition coefficient (Wildman–Crippen LogP) is 5.25. The molecule has 0 bridgehead atoms. The van der Waals surface area contributed by atoms with E-state index in [2.05, 4.69) is 15.9 Å². The Bertz CT molecular complexity index is 1570. The number of carbonyl (C=O) groups excluding carboxylic acids is 2. The number of nitro groups is 1. The number of hydrogen-bond acceptors (Lipinski definition) is 10. The van der Waals surface area contributed by atoms with Gasteiger partial charge in [-0.25, -0.2) is 0 Å². The zero-order chi connectivity index (χ0) is 28.2. The molecule has 0 N–H and O–H groups in total. The molecule has 0 aliphatic carbocycles. The quantitative estimate of drug-likeness (QED) is 0.126. The van der Waals surface area contributed by atoms with Crippen LogP contribution in [-0.4, -0.2) is 49.6 Å². The van der Waals surface area contributed by atoms with Gasteiger partial charge in [0.25, 0.3) is 16.8 Å². The first kappa shape index (κ1) is 28.1. The molecule has 3 aromatic rings. The van der Waals surface area contributed by atoms with Crippen LogP contribution in [0.5, 0.6) is 17.2 Å². The number of nitrogens with zero attached hydrogens (tertiary/aromatic N) is 2. The molecule has 1 fully saturated rings. The Kier molecular flexibility index (Phi) is 8.57. The summed E-state index contributed by atoms with van der Waals surface area (Å²) >= 11 is 4.03. The van der Waals surface area contributed by atoms with Crippen LogP contribution in [0.4, 0.5) is 10.5 Å². The lowest BCUT2D eigenvalue weighted by atomic mass is 10.2. The van der Waals surface area contributed by atoms with Gasteiger partial charge in [-0.05, 0) is 75.7 Å². The standard InChI is InChI=1S/C25H19BrN2O9S2/c1-35-21-4-2-3-5-22(21)36-13-12-27-24(29)23(38-25(27)30)15-16-6-11-20(19(26)14-16)37-39(33,34)18-9-7-17(8-10-18)28(31)32/h2-11,14-15H,12-13H2,1H3/b23-15-. The summed E-state index contributed by atoms with van der Waals surface area (Å²) in [6, 6.07) is 15.7. The molecular weight excluding hydrogens is 616 g/mol. The lowest BCUT2D eigenvalue weighted by Crippen LogP contribution is -2.32. The summed E-state index contributed by atoms with van der Waals surface area (Å²) in [4.78, 5) is 36.4. The molecule has 1 aliphatic rings. The molecule has 0 unspecified atom stereocenters. The molecule has 0 aromatic heterocycles. The SMILES string of the molecule is COc1ccccc1OCCN1C(=O)S/C(=C\c2ccc(OS(=O)(=O)c3ccc([N+](=O)[O-])cc3)c(Br)c2)C1=O. The van der Waals surface area contributed by atoms with Crippen LogP contribution < -0.4 is 13.7 Å². The molecule has 14 heteroatoms. The van der Waals surface area contributed by atoms with Gasteiger partial charge in [-0.2, -0.15) is 8.42 Å². The lowest BCUT2D eigenvalue weighted by molar-refractivity contribution is -0.384. The summed E-state index contributed by atoms with van der Waals surface area (Å²) in [5.41, 5.74) is 0.255. The monoisotopic (exact) mass is 634 g/mol. The number of halogens is 1. The van der Waals surface area contributed by atoms with Gasteiger partial charge >= 0.3 is 10.1 Å². The third-order valence-corrected chi connectivity index (χ3v) is 8.08. The van der Waals surface area contributed by atoms with Crippen molar-refractivity contribution in [2.24, 2.45) is 0 Å². The number of benzene rings is 3. The average Bonchev–Trinajstić information content (AvgIpc) is 3.17. The number of ether oxygens (including phenoxy) is 2. The van der Waals surface area contributed by atoms with Crippen LogP contribution >= 0.6 is 27.7 Å². The van der Waals surface area contributed by atoms with Gasteiger partial charge in [0.1, 0.15) is 11.5 Å². The number of hydrogen-bond donors (Lipinski definition) is 0. The van der Waals surface area contributed by atoms with Gasteiger partial charge < -0.3 is 13.7 Å². The van der Waals surface area contributed by atoms with Crippen molar-refractivity contribution in [3.63, 3.8) is 0 Å². The Balaban J connectivity index is 1.42. The zero-order valence-electron chi connectivity index (χ0n) is 20.1. The summed E-state index contributed by atoms with van der Waals surface area (Å²) in [6.07, 6.45) is 1.51. The molecule has 11 nitrogen and oxygen atoms in total. The van der Waals surface area contributed by atoms with Gasteiger partial charge in [0.15, 0.2) is 17.2 Å². The van der Waals surface area contributed by atoms with Crippen molar-refractivity contribution >= 4 is 60.7 Å². The molecule has 4 rings (SSSR count). The second-order valence-corrected chi connectivity index (χ2v) is 11.2. The minimum atomic E-state index is -4.27. The summed E-state index contributed by atoms with van der Waals surface area (Å²) < 4.78 is 41.5. The minimum Gasteiger partial charge on any atom is -0.493 e. The van der Waals surface area contributed by atoms with Gasteiger partial charge in [-0.3, -0.25) is 24.6 Å². The highest BCUT2D eigenvalue weighted by atomic mass is 79.9. The largest absolute Gasteiger partial charge is 0.493 e. The number of para-hydroxylation sites is 2. The van der Waals surface area contributed by atoms with Crippen molar-refractivity contribution in [2.75, 3.05) is 20.3 Å². The van der Waals surface area contributed by atoms with E-state index in [4.69, 9.17) is 13.7 Å². The molecule has 1 saturated heterocycles. The Labute approximate surface area is 235 Å². The summed E-state index contributed by atoms with van der Waals surface area (Å²) in [5.74, 6) is 0.508. The highest BCUT2D eigenvalue weighted by Gasteiger charge is 2.35. The Morgan fingerprint density at radius 2 is 1.72 bits per heavy atom. The molecule has 1 heterocycles. The van der Waals surface area contributed by atoms with Crippen LogP contribution in [0.15, 0.2) is 81.0 Å². The van der Waals surface area contributed by atoms with Crippen LogP contribution in [0.2, 0.25) is 0 Å². The molecule has 1 aliphatic heterocycles. The first-order chi connectivity index (χ1) is 18.6. The Morgan fingerprint density at radius 3 is 2.36 bits per heavy atom. The van der Waals surface area contributed by atoms with E-state index in [-0.39, 0.29) is 38.9 Å². The number of rotatable bonds is 10. The molecule has 202 valence electrons. The van der Waals surface area contributed by atoms with Crippen molar-refractivity contribution in [3.8, 4) is 17.2 Å². The lowest BCUT2D eigenvalue weighted by Gasteiger charge is -2.14. The number of methoxy groups -OCH3 is 1. The molecule has 0 atom stereocenters. The van der Waals surface area contributed by atoms with E-state index in [1.54, 1.807) is 24.3 Å². The number of nitro benzene ring substituents is 1. The van der Waals surface area contributed by atoms with Crippen LogP contribution in [0, 0.1) is 10.1 Å². The number of non-ortho nitro benzene ring substituents is 1. The second kappa shape index (κ2) is 11.9. The fourth-order valence-corrected chi connectivity index (χ4v) is 5.80. The fraction of sp³-hybridized carbons (Fsp3) is 0.120. The molecule has 39 heavy (non-hydrogen) atoms. The van der Waals surface area contributed by atoms with E-state index >= 15 is 0 Å². The molecule has 3 aromatic carbocycles. The highest BCUT2D eigenvalue weighted by Crippen LogP contribution is 2.35. The predicted molar refractivity (Wildman–Crippen MR) is 146 cm³/mol. The van der Waals surface area contributed by atoms with E-state index in [0.29, 0.717) is 17.1 Å². The topological polar surface area (TPSA) is 142 Å². The summed E-state index contributed by atoms with van der Waals surface area (Å²) in [6.45, 7) is 0.115. The van der Waals surface area contributed by atoms with E-state index < -0.39 is 26.2 Å². The average molecular weight is 635 g/mol. The first-order valence-corrected chi connectivity index (χ1v) is 14.1. The Hall–Kier alpha value is -3.88. The highest BCUT2D eigenvalue weighted by molar-refractivity contribution is 9.10. The normalized spacial score (nSPS) is 14.5. The number of amides is 2. The van der Waals surface area contributed by atoms with Crippen LogP contribution in [-0.2, 0) is 14.9 Å². The van der Waals surface area contributed by atoms with Crippen LogP contribution in [0.25, 0.3) is 6.08 Å². The maximum atomic E-state index is 12.8. The maximum Gasteiger partial charge on any atom is 0.339 e. The van der Waals surface area contributed by atoms with Crippen molar-refractivity contribution in [2.45, 2.75) is 4.90 Å². The molecule has 0 spiro atoms. The van der Waals surface area contributed by atoms with Crippen molar-refractivity contribution < 1.29 is 36.6 Å². The van der Waals surface area contributed by atoms with Gasteiger partial charge in [-0.15, -0.1) is 0 Å². The van der Waals surface area contributed by atoms with Crippen molar-refractivity contribution in [1.82, 2.24) is 4.90 Å². The van der Waals surface area contributed by atoms with E-state index in [1.165, 1.54) is 31.4 Å². The van der Waals surface area contributed by atoms with Crippen LogP contribution in [0.3, 0.4) is 0 Å². The third-order valence-electron chi connectivity index (χ3n) is 5.30. The zero-order valence-corrected chi connectivity index (χ0v) is 23.3. The summed E-state index contributed by atoms with van der Waals surface area (Å²) in [7, 11) is -2.76. The van der Waals surface area contributed by atoms with Gasteiger partial charge in [0.05, 0.1) is 28.0 Å². The van der Waals surface area contributed by atoms with Crippen molar-refractivity contribution in [3.05, 3.63) is 91.8 Å². The van der Waals surface area contributed by atoms with Crippen molar-refractivity contribution in [1.29, 1.82) is 0 Å². The van der Waals surface area contributed by atoms with E-state index in [0.717, 1.165) is 40.9 Å². The minimum absolute atomic E-state index is 0.0351. The maximum absolute atomic E-state index is 12.8. The van der Waals surface area contributed by atoms with Gasteiger partial charge in [0.2, 0.25) is 0 Å². The van der Waals surface area contributed by atoms with Gasteiger partial charge in [0, 0.05) is 12.1 Å². The molecule has 2 amide bonds. The summed E-state index contributed by atoms with van der Waals surface area (Å²) in [5, 5.41) is 10.4. The van der Waals surface area contributed by atoms with E-state index in [9.17, 15) is 28.1 Å². The fourth-order valence-electron chi connectivity index (χ4n) is 3.40. The van der Waals surface area contributed by atoms with Crippen LogP contribution in [0.1, 0.15) is 5.56 Å². The number of carbonyl (C=O) groups is 2. The molecular formula is C25H19BrN2O9S2. The smallest absolute Gasteiger partial charge is 0.339 e. The van der Waals surface area contributed by atoms with Gasteiger partial charge in [-0.1, -0.05) is 18.2 Å². The van der Waals surface area contributed by atoms with E-state index in [1.807, 2.05) is 0 Å². The third kappa shape index (κ3) is 6.58. The molecule has 0 saturated carbocycles. The molecule has 0 radical (unpaired) electrons. The second-order valence-electron chi connectivity index (χ2n) is 7.81.